The van der Waals surface area contributed by atoms with Gasteiger partial charge in [-0.25, -0.2) is 0 Å². The highest BCUT2D eigenvalue weighted by Gasteiger charge is 2.03. The molecule has 0 bridgehead atoms. The van der Waals surface area contributed by atoms with Crippen molar-refractivity contribution in [3.8, 4) is 6.07 Å². The van der Waals surface area contributed by atoms with Gasteiger partial charge in [-0.2, -0.15) is 5.26 Å². The summed E-state index contributed by atoms with van der Waals surface area (Å²) in [5.74, 6) is 0. The number of rotatable bonds is 1. The maximum atomic E-state index is 8.66. The average molecular weight is 272 g/mol. The molecule has 0 saturated carbocycles. The van der Waals surface area contributed by atoms with Crippen LogP contribution in [0.5, 0.6) is 0 Å². The molecule has 0 spiro atoms. The topological polar surface area (TPSA) is 49.8 Å². The molecule has 14 heavy (non-hydrogen) atoms. The molecule has 4 heteroatoms. The first kappa shape index (κ1) is 11.1. The molecule has 0 radical (unpaired) electrons. The average Bonchev–Trinajstić information content (AvgIpc) is 2.20. The molecule has 0 heterocycles. The molecule has 1 aromatic carbocycles. The number of nitrogens with zero attached hydrogens (tertiary/aromatic N) is 1. The molecule has 1 rings (SSSR count). The zero-order chi connectivity index (χ0) is 10.7. The van der Waals surface area contributed by atoms with Crippen molar-refractivity contribution >= 4 is 33.2 Å². The van der Waals surface area contributed by atoms with Gasteiger partial charge in [0.05, 0.1) is 16.8 Å². The van der Waals surface area contributed by atoms with Gasteiger partial charge in [0.15, 0.2) is 0 Å². The van der Waals surface area contributed by atoms with Gasteiger partial charge < -0.3 is 5.73 Å². The third-order valence-electron chi connectivity index (χ3n) is 1.80. The highest BCUT2D eigenvalue weighted by Crippen LogP contribution is 2.25. The summed E-state index contributed by atoms with van der Waals surface area (Å²) in [4.78, 5) is 0. The van der Waals surface area contributed by atoms with Crippen LogP contribution in [-0.4, -0.2) is 0 Å². The first-order valence-electron chi connectivity index (χ1n) is 3.88. The Morgan fingerprint density at radius 2 is 2.21 bits per heavy atom. The molecule has 1 aromatic rings. The molecule has 0 aliphatic carbocycles. The van der Waals surface area contributed by atoms with Crippen LogP contribution < -0.4 is 5.73 Å². The highest BCUT2D eigenvalue weighted by atomic mass is 79.9. The van der Waals surface area contributed by atoms with E-state index in [4.69, 9.17) is 22.6 Å². The molecule has 0 amide bonds. The van der Waals surface area contributed by atoms with Crippen molar-refractivity contribution in [1.82, 2.24) is 0 Å². The molecule has 72 valence electrons. The highest BCUT2D eigenvalue weighted by molar-refractivity contribution is 9.10. The molecule has 2 nitrogen and oxygen atoms in total. The molecule has 0 aromatic heterocycles. The summed E-state index contributed by atoms with van der Waals surface area (Å²) >= 11 is 9.18. The van der Waals surface area contributed by atoms with Crippen molar-refractivity contribution in [1.29, 1.82) is 5.26 Å². The smallest absolute Gasteiger partial charge is 0.0965 e. The third-order valence-corrected chi connectivity index (χ3v) is 3.03. The summed E-state index contributed by atoms with van der Waals surface area (Å²) in [6.45, 7) is 1.67. The predicted octanol–water partition coefficient (Wildman–Crippen LogP) is 3.32. The van der Waals surface area contributed by atoms with Gasteiger partial charge in [-0.05, 0) is 40.5 Å². The molecule has 0 atom stereocenters. The lowest BCUT2D eigenvalue weighted by atomic mass is 10.1. The largest absolute Gasteiger partial charge is 0.397 e. The van der Waals surface area contributed by atoms with E-state index in [0.717, 1.165) is 10.0 Å². The van der Waals surface area contributed by atoms with Crippen molar-refractivity contribution in [3.05, 3.63) is 38.8 Å². The maximum absolute atomic E-state index is 8.66. The van der Waals surface area contributed by atoms with E-state index in [2.05, 4.69) is 15.9 Å². The lowest BCUT2D eigenvalue weighted by Gasteiger charge is -2.04. The van der Waals surface area contributed by atoms with Crippen LogP contribution in [0.4, 0.5) is 0 Å². The number of nitriles is 1. The quantitative estimate of drug-likeness (QED) is 0.797. The number of hydrogen-bond donors (Lipinski definition) is 1. The van der Waals surface area contributed by atoms with Gasteiger partial charge in [0, 0.05) is 10.0 Å². The Bertz CT molecular complexity index is 432. The zero-order valence-electron chi connectivity index (χ0n) is 7.51. The number of benzene rings is 1. The second-order valence-electron chi connectivity index (χ2n) is 2.78. The second kappa shape index (κ2) is 4.50. The Kier molecular flexibility index (Phi) is 3.56. The van der Waals surface area contributed by atoms with Crippen LogP contribution in [0.3, 0.4) is 0 Å². The van der Waals surface area contributed by atoms with Crippen LogP contribution in [0, 0.1) is 11.3 Å². The van der Waals surface area contributed by atoms with Crippen molar-refractivity contribution in [3.63, 3.8) is 0 Å². The number of halogens is 2. The van der Waals surface area contributed by atoms with E-state index in [1.165, 1.54) is 0 Å². The van der Waals surface area contributed by atoms with Crippen molar-refractivity contribution in [2.75, 3.05) is 0 Å². The molecule has 2 N–H and O–H groups in total. The molecule has 0 fully saturated rings. The lowest BCUT2D eigenvalue weighted by Crippen LogP contribution is -1.99. The van der Waals surface area contributed by atoms with E-state index >= 15 is 0 Å². The fourth-order valence-corrected chi connectivity index (χ4v) is 1.37. The SMILES string of the molecule is C/C(C#N)=C(/N)c1ccc(Br)c(Cl)c1. The van der Waals surface area contributed by atoms with Crippen LogP contribution in [-0.2, 0) is 0 Å². The summed E-state index contributed by atoms with van der Waals surface area (Å²) in [6.07, 6.45) is 0. The van der Waals surface area contributed by atoms with E-state index in [1.807, 2.05) is 12.1 Å². The molecular formula is C10H8BrClN2. The van der Waals surface area contributed by atoms with Crippen LogP contribution in [0.1, 0.15) is 12.5 Å². The van der Waals surface area contributed by atoms with E-state index in [0.29, 0.717) is 16.3 Å². The van der Waals surface area contributed by atoms with Crippen molar-refractivity contribution in [2.45, 2.75) is 6.92 Å². The minimum atomic E-state index is 0.460. The Labute approximate surface area is 96.1 Å². The van der Waals surface area contributed by atoms with Gasteiger partial charge >= 0.3 is 0 Å². The molecule has 0 aliphatic heterocycles. The van der Waals surface area contributed by atoms with E-state index < -0.39 is 0 Å². The van der Waals surface area contributed by atoms with Gasteiger partial charge in [0.2, 0.25) is 0 Å². The van der Waals surface area contributed by atoms with E-state index in [1.54, 1.807) is 19.1 Å². The molecule has 0 unspecified atom stereocenters. The Morgan fingerprint density at radius 1 is 1.57 bits per heavy atom. The molecule has 0 aliphatic rings. The van der Waals surface area contributed by atoms with Crippen LogP contribution in [0.15, 0.2) is 28.2 Å². The summed E-state index contributed by atoms with van der Waals surface area (Å²) in [5.41, 5.74) is 7.46. The summed E-state index contributed by atoms with van der Waals surface area (Å²) in [6, 6.07) is 7.33. The minimum Gasteiger partial charge on any atom is -0.397 e. The van der Waals surface area contributed by atoms with Gasteiger partial charge in [-0.1, -0.05) is 17.7 Å². The first-order valence-corrected chi connectivity index (χ1v) is 5.05. The maximum Gasteiger partial charge on any atom is 0.0965 e. The fourth-order valence-electron chi connectivity index (χ4n) is 0.940. The Hall–Kier alpha value is -0.980. The van der Waals surface area contributed by atoms with Crippen LogP contribution in [0.25, 0.3) is 5.70 Å². The van der Waals surface area contributed by atoms with E-state index in [-0.39, 0.29) is 0 Å². The predicted molar refractivity (Wildman–Crippen MR) is 61.5 cm³/mol. The monoisotopic (exact) mass is 270 g/mol. The summed E-state index contributed by atoms with van der Waals surface area (Å²) in [7, 11) is 0. The number of nitrogens with two attached hydrogens (primary N) is 1. The molecular weight excluding hydrogens is 263 g/mol. The van der Waals surface area contributed by atoms with Gasteiger partial charge in [0.25, 0.3) is 0 Å². The normalized spacial score (nSPS) is 11.9. The summed E-state index contributed by atoms with van der Waals surface area (Å²) in [5, 5.41) is 9.24. The molecule has 0 saturated heterocycles. The zero-order valence-corrected chi connectivity index (χ0v) is 9.85. The van der Waals surface area contributed by atoms with Crippen LogP contribution >= 0.6 is 27.5 Å². The Morgan fingerprint density at radius 3 is 2.71 bits per heavy atom. The second-order valence-corrected chi connectivity index (χ2v) is 4.04. The fraction of sp³-hybridized carbons (Fsp3) is 0.100. The lowest BCUT2D eigenvalue weighted by molar-refractivity contribution is 1.39. The number of allylic oxidation sites excluding steroid dienone is 1. The van der Waals surface area contributed by atoms with Gasteiger partial charge in [-0.3, -0.25) is 0 Å². The standard InChI is InChI=1S/C10H8BrClN2/c1-6(5-13)10(14)7-2-3-8(11)9(12)4-7/h2-4H,14H2,1H3/b10-6-. The van der Waals surface area contributed by atoms with Crippen molar-refractivity contribution in [2.24, 2.45) is 5.73 Å². The van der Waals surface area contributed by atoms with Crippen LogP contribution in [0.2, 0.25) is 5.02 Å². The van der Waals surface area contributed by atoms with E-state index in [9.17, 15) is 0 Å². The van der Waals surface area contributed by atoms with Gasteiger partial charge in [0.1, 0.15) is 0 Å². The summed E-state index contributed by atoms with van der Waals surface area (Å²) < 4.78 is 0.810. The van der Waals surface area contributed by atoms with Crippen molar-refractivity contribution < 1.29 is 0 Å². The van der Waals surface area contributed by atoms with Gasteiger partial charge in [-0.15, -0.1) is 0 Å². The Balaban J connectivity index is 3.24. The third kappa shape index (κ3) is 2.28. The number of hydrogen-bond acceptors (Lipinski definition) is 2. The minimum absolute atomic E-state index is 0.460. The first-order chi connectivity index (χ1) is 6.56.